The van der Waals surface area contributed by atoms with Crippen molar-refractivity contribution in [3.63, 3.8) is 0 Å². The van der Waals surface area contributed by atoms with Gasteiger partial charge in [0.05, 0.1) is 26.7 Å². The van der Waals surface area contributed by atoms with Crippen molar-refractivity contribution < 1.29 is 33.4 Å². The van der Waals surface area contributed by atoms with Gasteiger partial charge in [0.1, 0.15) is 0 Å². The van der Waals surface area contributed by atoms with Crippen LogP contribution in [0.5, 0.6) is 11.5 Å². The van der Waals surface area contributed by atoms with Gasteiger partial charge in [0, 0.05) is 22.6 Å². The Morgan fingerprint density at radius 1 is 1.03 bits per heavy atom. The van der Waals surface area contributed by atoms with Gasteiger partial charge in [-0.05, 0) is 42.5 Å². The van der Waals surface area contributed by atoms with Gasteiger partial charge in [-0.3, -0.25) is 29.6 Å². The monoisotopic (exact) mass is 460 g/mol. The average molecular weight is 461 g/mol. The van der Waals surface area contributed by atoms with Crippen molar-refractivity contribution in [2.24, 2.45) is 5.92 Å². The number of carbonyl (C=O) groups excluding carboxylic acids is 4. The molecule has 2 amide bonds. The van der Waals surface area contributed by atoms with E-state index in [2.05, 4.69) is 5.43 Å². The fourth-order valence-electron chi connectivity index (χ4n) is 3.11. The molecule has 0 bridgehead atoms. The number of methoxy groups -OCH3 is 2. The van der Waals surface area contributed by atoms with Gasteiger partial charge in [0.15, 0.2) is 23.9 Å². The Morgan fingerprint density at radius 3 is 2.34 bits per heavy atom. The molecule has 1 aliphatic rings. The van der Waals surface area contributed by atoms with Crippen LogP contribution in [0.4, 0.5) is 0 Å². The van der Waals surface area contributed by atoms with E-state index in [1.165, 1.54) is 38.5 Å². The van der Waals surface area contributed by atoms with E-state index in [0.717, 1.165) is 5.01 Å². The third-order valence-electron chi connectivity index (χ3n) is 4.85. The number of amides is 2. The van der Waals surface area contributed by atoms with Gasteiger partial charge in [-0.2, -0.15) is 0 Å². The molecule has 0 saturated carbocycles. The number of esters is 1. The number of benzene rings is 2. The summed E-state index contributed by atoms with van der Waals surface area (Å²) in [6.45, 7) is -0.519. The number of nitrogens with one attached hydrogen (secondary N) is 1. The number of hydrazine groups is 1. The van der Waals surface area contributed by atoms with Gasteiger partial charge in [-0.15, -0.1) is 0 Å². The maximum absolute atomic E-state index is 12.5. The first-order chi connectivity index (χ1) is 15.3. The van der Waals surface area contributed by atoms with Gasteiger partial charge < -0.3 is 14.2 Å². The minimum absolute atomic E-state index is 0.0637. The van der Waals surface area contributed by atoms with Gasteiger partial charge in [0.25, 0.3) is 5.91 Å². The van der Waals surface area contributed by atoms with Gasteiger partial charge in [-0.1, -0.05) is 11.6 Å². The number of carbonyl (C=O) groups is 4. The van der Waals surface area contributed by atoms with Crippen LogP contribution in [0.2, 0.25) is 5.02 Å². The summed E-state index contributed by atoms with van der Waals surface area (Å²) in [4.78, 5) is 49.2. The van der Waals surface area contributed by atoms with Crippen molar-refractivity contribution in [3.05, 3.63) is 58.6 Å². The predicted octanol–water partition coefficient (Wildman–Crippen LogP) is 2.28. The van der Waals surface area contributed by atoms with Crippen LogP contribution in [0.15, 0.2) is 42.5 Å². The summed E-state index contributed by atoms with van der Waals surface area (Å²) >= 11 is 5.79. The highest BCUT2D eigenvalue weighted by molar-refractivity contribution is 6.30. The molecule has 1 saturated heterocycles. The summed E-state index contributed by atoms with van der Waals surface area (Å²) in [6, 6.07) is 10.7. The van der Waals surface area contributed by atoms with Gasteiger partial charge in [0.2, 0.25) is 5.91 Å². The second-order valence-corrected chi connectivity index (χ2v) is 7.39. The molecule has 1 aliphatic heterocycles. The Kier molecular flexibility index (Phi) is 7.32. The minimum Gasteiger partial charge on any atom is -0.493 e. The van der Waals surface area contributed by atoms with Crippen molar-refractivity contribution in [1.82, 2.24) is 10.4 Å². The normalized spacial score (nSPS) is 15.3. The fourth-order valence-corrected chi connectivity index (χ4v) is 3.24. The maximum Gasteiger partial charge on any atom is 0.311 e. The Labute approximate surface area is 189 Å². The SMILES string of the molecule is COc1ccc(C(=O)NN2C[C@@H](C(=O)OCC(=O)c3ccc(Cl)cc3)CC2=O)cc1OC. The molecule has 9 nitrogen and oxygen atoms in total. The highest BCUT2D eigenvalue weighted by Crippen LogP contribution is 2.27. The number of hydrogen-bond acceptors (Lipinski definition) is 7. The summed E-state index contributed by atoms with van der Waals surface area (Å²) < 4.78 is 15.4. The molecule has 0 aliphatic carbocycles. The molecule has 1 atom stereocenters. The van der Waals surface area contributed by atoms with Crippen LogP contribution in [0.25, 0.3) is 0 Å². The Hall–Kier alpha value is -3.59. The van der Waals surface area contributed by atoms with E-state index in [9.17, 15) is 19.2 Å². The zero-order valence-electron chi connectivity index (χ0n) is 17.4. The number of Topliss-reactive ketones (excluding diaryl/α,β-unsaturated/α-hetero) is 1. The molecule has 0 spiro atoms. The lowest BCUT2D eigenvalue weighted by Gasteiger charge is -2.18. The number of ketones is 1. The highest BCUT2D eigenvalue weighted by atomic mass is 35.5. The summed E-state index contributed by atoms with van der Waals surface area (Å²) in [7, 11) is 2.92. The first-order valence-corrected chi connectivity index (χ1v) is 9.99. The van der Waals surface area contributed by atoms with Gasteiger partial charge in [-0.25, -0.2) is 0 Å². The molecule has 32 heavy (non-hydrogen) atoms. The summed E-state index contributed by atoms with van der Waals surface area (Å²) in [5.74, 6) is -2.05. The highest BCUT2D eigenvalue weighted by Gasteiger charge is 2.36. The van der Waals surface area contributed by atoms with E-state index < -0.39 is 36.1 Å². The summed E-state index contributed by atoms with van der Waals surface area (Å²) in [5, 5.41) is 1.55. The lowest BCUT2D eigenvalue weighted by molar-refractivity contribution is -0.147. The number of halogens is 1. The third-order valence-corrected chi connectivity index (χ3v) is 5.10. The van der Waals surface area contributed by atoms with Crippen molar-refractivity contribution in [1.29, 1.82) is 0 Å². The first-order valence-electron chi connectivity index (χ1n) is 9.61. The van der Waals surface area contributed by atoms with Crippen LogP contribution in [0.3, 0.4) is 0 Å². The molecule has 0 radical (unpaired) electrons. The van der Waals surface area contributed by atoms with Crippen LogP contribution in [-0.4, -0.2) is 55.9 Å². The van der Waals surface area contributed by atoms with Crippen LogP contribution in [0, 0.1) is 5.92 Å². The van der Waals surface area contributed by atoms with E-state index in [4.69, 9.17) is 25.8 Å². The number of rotatable bonds is 8. The number of ether oxygens (including phenoxy) is 3. The largest absolute Gasteiger partial charge is 0.493 e. The molecule has 2 aromatic rings. The third kappa shape index (κ3) is 5.36. The van der Waals surface area contributed by atoms with E-state index in [0.29, 0.717) is 22.1 Å². The molecule has 1 N–H and O–H groups in total. The Bertz CT molecular complexity index is 1040. The molecule has 168 valence electrons. The van der Waals surface area contributed by atoms with Crippen LogP contribution in [0.1, 0.15) is 27.1 Å². The quantitative estimate of drug-likeness (QED) is 0.475. The summed E-state index contributed by atoms with van der Waals surface area (Å²) in [6.07, 6.45) is -0.139. The van der Waals surface area contributed by atoms with Gasteiger partial charge >= 0.3 is 5.97 Å². The van der Waals surface area contributed by atoms with Crippen molar-refractivity contribution in [2.75, 3.05) is 27.4 Å². The lowest BCUT2D eigenvalue weighted by Crippen LogP contribution is -2.43. The minimum atomic E-state index is -0.800. The Balaban J connectivity index is 1.55. The molecular formula is C22H21ClN2O7. The molecule has 10 heteroatoms. The van der Waals surface area contributed by atoms with E-state index in [1.807, 2.05) is 0 Å². The molecule has 0 aromatic heterocycles. The fraction of sp³-hybridized carbons (Fsp3) is 0.273. The molecule has 0 unspecified atom stereocenters. The van der Waals surface area contributed by atoms with E-state index in [1.54, 1.807) is 18.2 Å². The zero-order chi connectivity index (χ0) is 23.3. The molecular weight excluding hydrogens is 440 g/mol. The van der Waals surface area contributed by atoms with Crippen LogP contribution < -0.4 is 14.9 Å². The second kappa shape index (κ2) is 10.1. The average Bonchev–Trinajstić information content (AvgIpc) is 3.17. The molecule has 3 rings (SSSR count). The van der Waals surface area contributed by atoms with Crippen molar-refractivity contribution in [2.45, 2.75) is 6.42 Å². The van der Waals surface area contributed by atoms with Crippen molar-refractivity contribution >= 4 is 35.2 Å². The first kappa shape index (κ1) is 23.1. The summed E-state index contributed by atoms with van der Waals surface area (Å²) in [5.41, 5.74) is 3.08. The van der Waals surface area contributed by atoms with Crippen molar-refractivity contribution in [3.8, 4) is 11.5 Å². The number of hydrogen-bond donors (Lipinski definition) is 1. The Morgan fingerprint density at radius 2 is 1.69 bits per heavy atom. The standard InChI is InChI=1S/C22H21ClN2O7/c1-30-18-8-5-14(9-19(18)31-2)21(28)24-25-11-15(10-20(25)27)22(29)32-12-17(26)13-3-6-16(23)7-4-13/h3-9,15H,10-12H2,1-2H3,(H,24,28)/t15-/m0/s1. The molecule has 1 fully saturated rings. The van der Waals surface area contributed by atoms with E-state index >= 15 is 0 Å². The number of nitrogens with zero attached hydrogens (tertiary/aromatic N) is 1. The topological polar surface area (TPSA) is 111 Å². The lowest BCUT2D eigenvalue weighted by atomic mass is 10.1. The maximum atomic E-state index is 12.5. The smallest absolute Gasteiger partial charge is 0.311 e. The van der Waals surface area contributed by atoms with Crippen LogP contribution in [-0.2, 0) is 14.3 Å². The van der Waals surface area contributed by atoms with Crippen LogP contribution >= 0.6 is 11.6 Å². The predicted molar refractivity (Wildman–Crippen MR) is 114 cm³/mol. The van der Waals surface area contributed by atoms with E-state index in [-0.39, 0.29) is 18.5 Å². The molecule has 2 aromatic carbocycles. The molecule has 1 heterocycles. The second-order valence-electron chi connectivity index (χ2n) is 6.95. The zero-order valence-corrected chi connectivity index (χ0v) is 18.2.